The number of hydrogen-bond acceptors (Lipinski definition) is 5. The van der Waals surface area contributed by atoms with Gasteiger partial charge in [0.2, 0.25) is 0 Å². The molecule has 6 nitrogen and oxygen atoms in total. The van der Waals surface area contributed by atoms with Crippen molar-refractivity contribution in [1.82, 2.24) is 0 Å². The molecule has 80 valence electrons. The number of esters is 1. The molecule has 2 atom stereocenters. The predicted octanol–water partition coefficient (Wildman–Crippen LogP) is 0.0102. The summed E-state index contributed by atoms with van der Waals surface area (Å²) in [5, 5.41) is 8.49. The molecule has 0 amide bonds. The van der Waals surface area contributed by atoms with Gasteiger partial charge >= 0.3 is 11.9 Å². The summed E-state index contributed by atoms with van der Waals surface area (Å²) in [5.74, 6) is -2.26. The van der Waals surface area contributed by atoms with E-state index in [1.54, 1.807) is 13.8 Å². The van der Waals surface area contributed by atoms with Gasteiger partial charge in [-0.15, -0.1) is 0 Å². The molecule has 0 saturated heterocycles. The Morgan fingerprint density at radius 1 is 1.43 bits per heavy atom. The molecule has 0 fully saturated rings. The van der Waals surface area contributed by atoms with Crippen LogP contribution in [0.5, 0.6) is 0 Å². The summed E-state index contributed by atoms with van der Waals surface area (Å²) in [7, 11) is -0.651. The van der Waals surface area contributed by atoms with Gasteiger partial charge in [0.25, 0.3) is 0 Å². The van der Waals surface area contributed by atoms with Gasteiger partial charge in [0.05, 0.1) is 6.10 Å². The van der Waals surface area contributed by atoms with E-state index < -0.39 is 38.2 Å². The van der Waals surface area contributed by atoms with Gasteiger partial charge in [-0.1, -0.05) is 0 Å². The molecule has 3 N–H and O–H groups in total. The standard InChI is InChI=1S/C7H12NO5P/c1-3(2)13-7(11)5(14-12)4(8)6(9)10/h3-5H,8H2,1-2H3,(H,9,10)/t4-,5?/m0/s1. The summed E-state index contributed by atoms with van der Waals surface area (Å²) in [4.78, 5) is 21.6. The molecule has 1 unspecified atom stereocenters. The fourth-order valence-electron chi connectivity index (χ4n) is 0.692. The molecule has 0 aromatic carbocycles. The first-order valence-corrected chi connectivity index (χ1v) is 4.79. The summed E-state index contributed by atoms with van der Waals surface area (Å²) in [6.07, 6.45) is -0.396. The summed E-state index contributed by atoms with van der Waals surface area (Å²) >= 11 is 0. The van der Waals surface area contributed by atoms with Crippen LogP contribution < -0.4 is 5.73 Å². The number of nitrogens with two attached hydrogens (primary N) is 1. The highest BCUT2D eigenvalue weighted by Gasteiger charge is 2.33. The summed E-state index contributed by atoms with van der Waals surface area (Å²) in [6.45, 7) is 3.20. The smallest absolute Gasteiger partial charge is 0.323 e. The Bertz CT molecular complexity index is 242. The first-order chi connectivity index (χ1) is 6.40. The maximum Gasteiger partial charge on any atom is 0.323 e. The zero-order chi connectivity index (χ0) is 11.3. The SMILES string of the molecule is CC(C)OC(=O)C(P=O)[C@H](N)C(=O)O. The molecule has 0 aliphatic heterocycles. The monoisotopic (exact) mass is 221 g/mol. The Kier molecular flexibility index (Phi) is 5.27. The Hall–Kier alpha value is -1.00. The number of carboxylic acid groups (broad SMARTS) is 1. The van der Waals surface area contributed by atoms with Crippen molar-refractivity contribution in [2.24, 2.45) is 5.73 Å². The highest BCUT2D eigenvalue weighted by atomic mass is 31.1. The third-order valence-corrected chi connectivity index (χ3v) is 2.09. The van der Waals surface area contributed by atoms with Crippen LogP contribution in [0.4, 0.5) is 0 Å². The van der Waals surface area contributed by atoms with Crippen LogP contribution in [0.2, 0.25) is 0 Å². The predicted molar refractivity (Wildman–Crippen MR) is 48.2 cm³/mol. The molecule has 0 spiro atoms. The minimum Gasteiger partial charge on any atom is -0.480 e. The molecule has 0 bridgehead atoms. The fraction of sp³-hybridized carbons (Fsp3) is 0.714. The van der Waals surface area contributed by atoms with Crippen molar-refractivity contribution in [3.05, 3.63) is 0 Å². The van der Waals surface area contributed by atoms with Crippen LogP contribution in [0.15, 0.2) is 0 Å². The molecule has 0 rings (SSSR count). The molecule has 0 radical (unpaired) electrons. The van der Waals surface area contributed by atoms with Crippen molar-refractivity contribution in [2.75, 3.05) is 0 Å². The average molecular weight is 221 g/mol. The minimum atomic E-state index is -1.51. The lowest BCUT2D eigenvalue weighted by Gasteiger charge is -2.14. The van der Waals surface area contributed by atoms with Crippen LogP contribution in [0.1, 0.15) is 13.8 Å². The highest BCUT2D eigenvalue weighted by Crippen LogP contribution is 2.13. The second-order valence-corrected chi connectivity index (χ2v) is 3.67. The number of ether oxygens (including phenoxy) is 1. The van der Waals surface area contributed by atoms with Crippen LogP contribution in [-0.2, 0) is 18.9 Å². The van der Waals surface area contributed by atoms with Crippen LogP contribution >= 0.6 is 8.46 Å². The zero-order valence-corrected chi connectivity index (χ0v) is 8.73. The largest absolute Gasteiger partial charge is 0.480 e. The summed E-state index contributed by atoms with van der Waals surface area (Å²) in [6, 6.07) is -1.51. The van der Waals surface area contributed by atoms with E-state index in [0.717, 1.165) is 0 Å². The van der Waals surface area contributed by atoms with Gasteiger partial charge in [-0.2, -0.15) is 0 Å². The number of carbonyl (C=O) groups excluding carboxylic acids is 1. The molecule has 0 aromatic rings. The number of hydrogen-bond donors (Lipinski definition) is 2. The third-order valence-electron chi connectivity index (χ3n) is 1.33. The van der Waals surface area contributed by atoms with Crippen LogP contribution in [0.3, 0.4) is 0 Å². The normalized spacial score (nSPS) is 15.1. The van der Waals surface area contributed by atoms with E-state index >= 15 is 0 Å². The molecule has 0 saturated carbocycles. The Balaban J connectivity index is 4.48. The molecular weight excluding hydrogens is 209 g/mol. The number of aliphatic carboxylic acids is 1. The van der Waals surface area contributed by atoms with E-state index in [9.17, 15) is 14.2 Å². The molecule has 14 heavy (non-hydrogen) atoms. The fourth-order valence-corrected chi connectivity index (χ4v) is 1.10. The van der Waals surface area contributed by atoms with Gasteiger partial charge in [0, 0.05) is 0 Å². The molecule has 0 heterocycles. The lowest BCUT2D eigenvalue weighted by Crippen LogP contribution is -2.44. The number of carboxylic acids is 1. The van der Waals surface area contributed by atoms with E-state index in [4.69, 9.17) is 10.8 Å². The van der Waals surface area contributed by atoms with Gasteiger partial charge in [-0.05, 0) is 13.8 Å². The lowest BCUT2D eigenvalue weighted by molar-refractivity contribution is -0.151. The molecule has 0 aliphatic carbocycles. The molecule has 0 aliphatic rings. The Morgan fingerprint density at radius 2 is 1.93 bits per heavy atom. The highest BCUT2D eigenvalue weighted by molar-refractivity contribution is 7.26. The quantitative estimate of drug-likeness (QED) is 0.500. The van der Waals surface area contributed by atoms with Gasteiger partial charge in [0.15, 0.2) is 14.1 Å². The zero-order valence-electron chi connectivity index (χ0n) is 7.84. The van der Waals surface area contributed by atoms with Crippen molar-refractivity contribution in [2.45, 2.75) is 31.7 Å². The maximum atomic E-state index is 11.2. The van der Waals surface area contributed by atoms with Crippen molar-refractivity contribution >= 4 is 20.4 Å². The van der Waals surface area contributed by atoms with E-state index in [2.05, 4.69) is 4.74 Å². The van der Waals surface area contributed by atoms with Crippen LogP contribution in [-0.4, -0.2) is 34.8 Å². The molecule has 7 heteroatoms. The van der Waals surface area contributed by atoms with Crippen molar-refractivity contribution in [3.8, 4) is 0 Å². The van der Waals surface area contributed by atoms with Gasteiger partial charge < -0.3 is 15.6 Å². The Morgan fingerprint density at radius 3 is 2.21 bits per heavy atom. The first-order valence-electron chi connectivity index (χ1n) is 3.91. The summed E-state index contributed by atoms with van der Waals surface area (Å²) in [5.41, 5.74) is 3.79. The van der Waals surface area contributed by atoms with Crippen LogP contribution in [0, 0.1) is 0 Å². The third kappa shape index (κ3) is 3.81. The first kappa shape index (κ1) is 13.0. The topological polar surface area (TPSA) is 107 Å². The second-order valence-electron chi connectivity index (χ2n) is 2.90. The van der Waals surface area contributed by atoms with Crippen molar-refractivity contribution in [3.63, 3.8) is 0 Å². The van der Waals surface area contributed by atoms with Crippen molar-refractivity contribution in [1.29, 1.82) is 0 Å². The molecule has 0 aromatic heterocycles. The van der Waals surface area contributed by atoms with E-state index in [-0.39, 0.29) is 0 Å². The van der Waals surface area contributed by atoms with E-state index in [1.807, 2.05) is 0 Å². The summed E-state index contributed by atoms with van der Waals surface area (Å²) < 4.78 is 15.2. The van der Waals surface area contributed by atoms with E-state index in [1.165, 1.54) is 0 Å². The van der Waals surface area contributed by atoms with Gasteiger partial charge in [0.1, 0.15) is 6.04 Å². The van der Waals surface area contributed by atoms with Gasteiger partial charge in [-0.25, -0.2) is 0 Å². The Labute approximate surface area is 82.6 Å². The number of carbonyl (C=O) groups is 2. The van der Waals surface area contributed by atoms with Crippen LogP contribution in [0.25, 0.3) is 0 Å². The second kappa shape index (κ2) is 5.67. The molecular formula is C7H12NO5P. The van der Waals surface area contributed by atoms with Crippen molar-refractivity contribution < 1.29 is 24.0 Å². The van der Waals surface area contributed by atoms with Gasteiger partial charge in [-0.3, -0.25) is 14.2 Å². The van der Waals surface area contributed by atoms with E-state index in [0.29, 0.717) is 0 Å². The number of rotatable bonds is 5. The lowest BCUT2D eigenvalue weighted by atomic mass is 10.2. The maximum absolute atomic E-state index is 11.2. The average Bonchev–Trinajstić information content (AvgIpc) is 2.03. The minimum absolute atomic E-state index is 0.396.